The topological polar surface area (TPSA) is 154 Å². The number of carbonyl (C=O) groups is 2. The number of thioether (sulfide) groups is 1. The molecule has 0 radical (unpaired) electrons. The molecule has 0 bridgehead atoms. The van der Waals surface area contributed by atoms with Gasteiger partial charge in [0.05, 0.1) is 27.9 Å². The Hall–Kier alpha value is -4.82. The van der Waals surface area contributed by atoms with Gasteiger partial charge in [0.25, 0.3) is 17.5 Å². The molecule has 1 aliphatic rings. The van der Waals surface area contributed by atoms with Crippen LogP contribution in [0.1, 0.15) is 15.9 Å². The van der Waals surface area contributed by atoms with Crippen molar-refractivity contribution in [3.63, 3.8) is 0 Å². The Morgan fingerprint density at radius 2 is 1.76 bits per heavy atom. The SMILES string of the molecule is COc1ccc(C(=O)NN2C(=O)/C(=C\c3cccc(Oc4ccc([N+](=O)[O-])cc4[N+](=O)[O-])c3)SC2=S)cc1. The summed E-state index contributed by atoms with van der Waals surface area (Å²) in [7, 11) is 1.50. The molecule has 0 aromatic heterocycles. The molecular formula is C24H16N4O8S2. The number of thiocarbonyl (C=S) groups is 1. The first-order valence-electron chi connectivity index (χ1n) is 10.6. The van der Waals surface area contributed by atoms with Crippen molar-refractivity contribution in [1.29, 1.82) is 0 Å². The van der Waals surface area contributed by atoms with Crippen LogP contribution in [0.2, 0.25) is 0 Å². The Labute approximate surface area is 224 Å². The molecule has 14 heteroatoms. The fraction of sp³-hybridized carbons (Fsp3) is 0.0417. The molecule has 2 amide bonds. The first-order chi connectivity index (χ1) is 18.2. The van der Waals surface area contributed by atoms with Crippen LogP contribution in [0, 0.1) is 20.2 Å². The Morgan fingerprint density at radius 3 is 2.42 bits per heavy atom. The molecule has 0 unspecified atom stereocenters. The predicted molar refractivity (Wildman–Crippen MR) is 142 cm³/mol. The number of benzene rings is 3. The maximum atomic E-state index is 12.9. The summed E-state index contributed by atoms with van der Waals surface area (Å²) in [6.45, 7) is 0. The molecule has 192 valence electrons. The second-order valence-corrected chi connectivity index (χ2v) is 9.20. The number of hydrogen-bond acceptors (Lipinski definition) is 10. The van der Waals surface area contributed by atoms with Gasteiger partial charge in [0.15, 0.2) is 4.32 Å². The van der Waals surface area contributed by atoms with Gasteiger partial charge in [0.1, 0.15) is 11.5 Å². The van der Waals surface area contributed by atoms with Gasteiger partial charge in [-0.1, -0.05) is 23.9 Å². The summed E-state index contributed by atoms with van der Waals surface area (Å²) in [6, 6.07) is 15.7. The van der Waals surface area contributed by atoms with Crippen LogP contribution in [0.5, 0.6) is 17.2 Å². The van der Waals surface area contributed by atoms with Gasteiger partial charge in [-0.05, 0) is 66.3 Å². The highest BCUT2D eigenvalue weighted by atomic mass is 32.2. The predicted octanol–water partition coefficient (Wildman–Crippen LogP) is 4.85. The lowest BCUT2D eigenvalue weighted by molar-refractivity contribution is -0.394. The summed E-state index contributed by atoms with van der Waals surface area (Å²) in [5, 5.41) is 23.3. The largest absolute Gasteiger partial charge is 0.497 e. The number of ether oxygens (including phenoxy) is 2. The second-order valence-electron chi connectivity index (χ2n) is 7.53. The lowest BCUT2D eigenvalue weighted by Gasteiger charge is -2.15. The van der Waals surface area contributed by atoms with Crippen molar-refractivity contribution in [3.05, 3.63) is 103 Å². The number of rotatable bonds is 8. The third kappa shape index (κ3) is 5.77. The van der Waals surface area contributed by atoms with Gasteiger partial charge in [-0.2, -0.15) is 5.01 Å². The third-order valence-electron chi connectivity index (χ3n) is 5.09. The minimum absolute atomic E-state index is 0.122. The van der Waals surface area contributed by atoms with Gasteiger partial charge in [0, 0.05) is 11.6 Å². The van der Waals surface area contributed by atoms with Crippen molar-refractivity contribution in [2.24, 2.45) is 0 Å². The molecule has 38 heavy (non-hydrogen) atoms. The lowest BCUT2D eigenvalue weighted by Crippen LogP contribution is -2.44. The minimum atomic E-state index is -0.780. The fourth-order valence-corrected chi connectivity index (χ4v) is 4.45. The number of non-ortho nitro benzene ring substituents is 1. The Balaban J connectivity index is 1.51. The molecule has 3 aromatic rings. The molecule has 1 aliphatic heterocycles. The number of nitrogens with zero attached hydrogens (tertiary/aromatic N) is 3. The highest BCUT2D eigenvalue weighted by molar-refractivity contribution is 8.26. The molecule has 1 saturated heterocycles. The van der Waals surface area contributed by atoms with Crippen LogP contribution in [0.25, 0.3) is 6.08 Å². The number of nitro benzene ring substituents is 2. The van der Waals surface area contributed by atoms with Gasteiger partial charge in [-0.25, -0.2) is 0 Å². The van der Waals surface area contributed by atoms with E-state index in [0.29, 0.717) is 16.9 Å². The minimum Gasteiger partial charge on any atom is -0.497 e. The summed E-state index contributed by atoms with van der Waals surface area (Å²) in [5.74, 6) is -0.502. The molecule has 12 nitrogen and oxygen atoms in total. The van der Waals surface area contributed by atoms with Crippen molar-refractivity contribution in [3.8, 4) is 17.2 Å². The first-order valence-corrected chi connectivity index (χ1v) is 11.8. The molecule has 0 spiro atoms. The average molecular weight is 553 g/mol. The highest BCUT2D eigenvalue weighted by Crippen LogP contribution is 2.36. The monoisotopic (exact) mass is 552 g/mol. The van der Waals surface area contributed by atoms with Gasteiger partial charge < -0.3 is 9.47 Å². The number of nitro groups is 2. The molecule has 1 N–H and O–H groups in total. The lowest BCUT2D eigenvalue weighted by atomic mass is 10.2. The summed E-state index contributed by atoms with van der Waals surface area (Å²) >= 11 is 6.24. The van der Waals surface area contributed by atoms with E-state index in [2.05, 4.69) is 5.43 Å². The number of amides is 2. The fourth-order valence-electron chi connectivity index (χ4n) is 3.27. The molecular weight excluding hydrogens is 536 g/mol. The second kappa shape index (κ2) is 11.1. The molecule has 0 saturated carbocycles. The van der Waals surface area contributed by atoms with E-state index < -0.39 is 33.0 Å². The summed E-state index contributed by atoms with van der Waals surface area (Å²) in [4.78, 5) is 46.5. The van der Waals surface area contributed by atoms with Crippen molar-refractivity contribution in [1.82, 2.24) is 10.4 Å². The van der Waals surface area contributed by atoms with Crippen LogP contribution < -0.4 is 14.9 Å². The van der Waals surface area contributed by atoms with Gasteiger partial charge >= 0.3 is 5.69 Å². The summed E-state index contributed by atoms with van der Waals surface area (Å²) in [5.41, 5.74) is 2.28. The Kier molecular flexibility index (Phi) is 7.64. The van der Waals surface area contributed by atoms with Gasteiger partial charge in [-0.3, -0.25) is 35.2 Å². The van der Waals surface area contributed by atoms with Crippen LogP contribution in [0.15, 0.2) is 71.6 Å². The normalized spacial score (nSPS) is 13.9. The van der Waals surface area contributed by atoms with E-state index in [9.17, 15) is 29.8 Å². The van der Waals surface area contributed by atoms with E-state index in [0.717, 1.165) is 35.0 Å². The molecule has 0 aliphatic carbocycles. The summed E-state index contributed by atoms with van der Waals surface area (Å²) < 4.78 is 10.8. The molecule has 1 fully saturated rings. The van der Waals surface area contributed by atoms with E-state index in [1.54, 1.807) is 36.4 Å². The number of hydrogen-bond donors (Lipinski definition) is 1. The molecule has 4 rings (SSSR count). The first kappa shape index (κ1) is 26.2. The van der Waals surface area contributed by atoms with Crippen LogP contribution in [0.3, 0.4) is 0 Å². The van der Waals surface area contributed by atoms with Crippen molar-refractivity contribution < 1.29 is 28.9 Å². The van der Waals surface area contributed by atoms with Crippen LogP contribution in [0.4, 0.5) is 11.4 Å². The number of methoxy groups -OCH3 is 1. The smallest absolute Gasteiger partial charge is 0.318 e. The van der Waals surface area contributed by atoms with Crippen molar-refractivity contribution in [2.75, 3.05) is 7.11 Å². The van der Waals surface area contributed by atoms with Crippen molar-refractivity contribution >= 4 is 57.6 Å². The highest BCUT2D eigenvalue weighted by Gasteiger charge is 2.34. The maximum absolute atomic E-state index is 12.9. The number of hydrazine groups is 1. The zero-order chi connectivity index (χ0) is 27.4. The van der Waals surface area contributed by atoms with E-state index >= 15 is 0 Å². The van der Waals surface area contributed by atoms with E-state index in [1.807, 2.05) is 0 Å². The quantitative estimate of drug-likeness (QED) is 0.177. The Morgan fingerprint density at radius 1 is 1.03 bits per heavy atom. The summed E-state index contributed by atoms with van der Waals surface area (Å²) in [6.07, 6.45) is 1.52. The van der Waals surface area contributed by atoms with E-state index in [1.165, 1.54) is 25.3 Å². The van der Waals surface area contributed by atoms with Gasteiger partial charge in [-0.15, -0.1) is 0 Å². The standard InChI is InChI=1S/C24H16N4O8S2/c1-35-17-8-5-15(6-9-17)22(29)25-26-23(30)21(38-24(26)37)12-14-3-2-4-18(11-14)36-20-10-7-16(27(31)32)13-19(20)28(33)34/h2-13H,1H3,(H,25,29)/b21-12+. The number of nitrogens with one attached hydrogen (secondary N) is 1. The third-order valence-corrected chi connectivity index (χ3v) is 6.40. The van der Waals surface area contributed by atoms with Crippen LogP contribution >= 0.6 is 24.0 Å². The Bertz CT molecular complexity index is 1510. The molecule has 0 atom stereocenters. The molecule has 1 heterocycles. The van der Waals surface area contributed by atoms with E-state index in [-0.39, 0.29) is 20.7 Å². The maximum Gasteiger partial charge on any atom is 0.318 e. The molecule has 3 aromatic carbocycles. The zero-order valence-corrected chi connectivity index (χ0v) is 21.0. The van der Waals surface area contributed by atoms with E-state index in [4.69, 9.17) is 21.7 Å². The van der Waals surface area contributed by atoms with Crippen LogP contribution in [-0.2, 0) is 4.79 Å². The van der Waals surface area contributed by atoms with Crippen LogP contribution in [-0.4, -0.2) is 38.1 Å². The number of carbonyl (C=O) groups excluding carboxylic acids is 2. The zero-order valence-electron chi connectivity index (χ0n) is 19.4. The van der Waals surface area contributed by atoms with Gasteiger partial charge in [0.2, 0.25) is 5.75 Å². The van der Waals surface area contributed by atoms with Crippen molar-refractivity contribution in [2.45, 2.75) is 0 Å². The average Bonchev–Trinajstić information content (AvgIpc) is 3.16.